The number of aromatic amines is 1. The zero-order valence-electron chi connectivity index (χ0n) is 14.8. The van der Waals surface area contributed by atoms with Gasteiger partial charge in [-0.05, 0) is 18.1 Å². The molecule has 1 aliphatic rings. The van der Waals surface area contributed by atoms with E-state index < -0.39 is 0 Å². The van der Waals surface area contributed by atoms with Gasteiger partial charge in [-0.2, -0.15) is 0 Å². The molecule has 1 amide bonds. The SMILES string of the molecule is CC(C)CC(=O)Nc1cccc(-c2nc3cc4c(cc3[nH]2)OCCO4)c1. The lowest BCUT2D eigenvalue weighted by molar-refractivity contribution is -0.116. The van der Waals surface area contributed by atoms with E-state index in [1.807, 2.05) is 50.2 Å². The number of H-pyrrole nitrogens is 1. The summed E-state index contributed by atoms with van der Waals surface area (Å²) in [4.78, 5) is 20.0. The molecule has 2 aromatic carbocycles. The Kier molecular flexibility index (Phi) is 4.24. The predicted octanol–water partition coefficient (Wildman–Crippen LogP) is 3.99. The van der Waals surface area contributed by atoms with E-state index in [0.29, 0.717) is 25.6 Å². The first-order valence-electron chi connectivity index (χ1n) is 8.78. The first kappa shape index (κ1) is 16.4. The molecule has 0 spiro atoms. The summed E-state index contributed by atoms with van der Waals surface area (Å²) in [5, 5.41) is 2.94. The molecule has 0 unspecified atom stereocenters. The molecule has 0 bridgehead atoms. The predicted molar refractivity (Wildman–Crippen MR) is 101 cm³/mol. The highest BCUT2D eigenvalue weighted by molar-refractivity contribution is 5.91. The average Bonchev–Trinajstić information content (AvgIpc) is 3.02. The number of nitrogens with zero attached hydrogens (tertiary/aromatic N) is 1. The second-order valence-electron chi connectivity index (χ2n) is 6.83. The van der Waals surface area contributed by atoms with Crippen LogP contribution in [0.3, 0.4) is 0 Å². The quantitative estimate of drug-likeness (QED) is 0.745. The van der Waals surface area contributed by atoms with Crippen LogP contribution in [-0.2, 0) is 4.79 Å². The van der Waals surface area contributed by atoms with Gasteiger partial charge in [-0.3, -0.25) is 4.79 Å². The molecular weight excluding hydrogens is 330 g/mol. The molecule has 1 aromatic heterocycles. The van der Waals surface area contributed by atoms with Crippen molar-refractivity contribution in [3.05, 3.63) is 36.4 Å². The molecule has 2 N–H and O–H groups in total. The Hall–Kier alpha value is -3.02. The van der Waals surface area contributed by atoms with Crippen LogP contribution in [0.15, 0.2) is 36.4 Å². The lowest BCUT2D eigenvalue weighted by atomic mass is 10.1. The number of fused-ring (bicyclic) bond motifs is 2. The molecule has 26 heavy (non-hydrogen) atoms. The van der Waals surface area contributed by atoms with E-state index in [0.717, 1.165) is 39.6 Å². The summed E-state index contributed by atoms with van der Waals surface area (Å²) in [7, 11) is 0. The number of ether oxygens (including phenoxy) is 2. The van der Waals surface area contributed by atoms with Crippen molar-refractivity contribution in [1.82, 2.24) is 9.97 Å². The lowest BCUT2D eigenvalue weighted by Gasteiger charge is -2.17. The molecule has 2 heterocycles. The maximum absolute atomic E-state index is 12.0. The number of imidazole rings is 1. The monoisotopic (exact) mass is 351 g/mol. The molecule has 0 saturated carbocycles. The van der Waals surface area contributed by atoms with Crippen LogP contribution in [0.4, 0.5) is 5.69 Å². The number of aromatic nitrogens is 2. The number of anilines is 1. The van der Waals surface area contributed by atoms with Crippen molar-refractivity contribution < 1.29 is 14.3 Å². The molecule has 0 saturated heterocycles. The second-order valence-corrected chi connectivity index (χ2v) is 6.83. The van der Waals surface area contributed by atoms with Gasteiger partial charge in [-0.25, -0.2) is 4.98 Å². The largest absolute Gasteiger partial charge is 0.486 e. The first-order valence-corrected chi connectivity index (χ1v) is 8.78. The van der Waals surface area contributed by atoms with Crippen LogP contribution < -0.4 is 14.8 Å². The number of amides is 1. The Morgan fingerprint density at radius 3 is 2.73 bits per heavy atom. The number of benzene rings is 2. The molecule has 6 heteroatoms. The highest BCUT2D eigenvalue weighted by Crippen LogP contribution is 2.35. The summed E-state index contributed by atoms with van der Waals surface area (Å²) in [6.07, 6.45) is 0.500. The number of nitrogens with one attached hydrogen (secondary N) is 2. The van der Waals surface area contributed by atoms with E-state index >= 15 is 0 Å². The maximum atomic E-state index is 12.0. The lowest BCUT2D eigenvalue weighted by Crippen LogP contribution is -2.15. The number of rotatable bonds is 4. The summed E-state index contributed by atoms with van der Waals surface area (Å²) in [5.74, 6) is 2.53. The molecule has 6 nitrogen and oxygen atoms in total. The summed E-state index contributed by atoms with van der Waals surface area (Å²) >= 11 is 0. The van der Waals surface area contributed by atoms with Crippen LogP contribution in [0.1, 0.15) is 20.3 Å². The minimum absolute atomic E-state index is 0.0173. The van der Waals surface area contributed by atoms with Crippen molar-refractivity contribution in [3.63, 3.8) is 0 Å². The van der Waals surface area contributed by atoms with Gasteiger partial charge >= 0.3 is 0 Å². The third kappa shape index (κ3) is 3.35. The van der Waals surface area contributed by atoms with Gasteiger partial charge in [-0.15, -0.1) is 0 Å². The van der Waals surface area contributed by atoms with Gasteiger partial charge in [0.25, 0.3) is 0 Å². The van der Waals surface area contributed by atoms with Gasteiger partial charge in [0.15, 0.2) is 11.5 Å². The van der Waals surface area contributed by atoms with Gasteiger partial charge in [0.2, 0.25) is 5.91 Å². The van der Waals surface area contributed by atoms with Crippen molar-refractivity contribution in [2.75, 3.05) is 18.5 Å². The van der Waals surface area contributed by atoms with Gasteiger partial charge in [0, 0.05) is 29.8 Å². The Balaban J connectivity index is 1.63. The van der Waals surface area contributed by atoms with E-state index in [-0.39, 0.29) is 5.91 Å². The summed E-state index contributed by atoms with van der Waals surface area (Å²) in [6, 6.07) is 11.5. The van der Waals surface area contributed by atoms with E-state index in [9.17, 15) is 4.79 Å². The standard InChI is InChI=1S/C20H21N3O3/c1-12(2)8-19(24)21-14-5-3-4-13(9-14)20-22-15-10-17-18(11-16(15)23-20)26-7-6-25-17/h3-5,9-12H,6-8H2,1-2H3,(H,21,24)(H,22,23). The van der Waals surface area contributed by atoms with E-state index in [2.05, 4.69) is 15.3 Å². The minimum Gasteiger partial charge on any atom is -0.486 e. The third-order valence-corrected chi connectivity index (χ3v) is 4.16. The number of hydrogen-bond donors (Lipinski definition) is 2. The molecule has 134 valence electrons. The topological polar surface area (TPSA) is 76.2 Å². The Bertz CT molecular complexity index is 919. The molecule has 0 radical (unpaired) electrons. The summed E-state index contributed by atoms with van der Waals surface area (Å²) in [5.41, 5.74) is 3.37. The van der Waals surface area contributed by atoms with Crippen molar-refractivity contribution in [2.24, 2.45) is 5.92 Å². The summed E-state index contributed by atoms with van der Waals surface area (Å²) in [6.45, 7) is 5.15. The zero-order valence-corrected chi connectivity index (χ0v) is 14.8. The van der Waals surface area contributed by atoms with Crippen LogP contribution in [0.2, 0.25) is 0 Å². The molecule has 3 aromatic rings. The van der Waals surface area contributed by atoms with Gasteiger partial charge in [0.1, 0.15) is 19.0 Å². The molecule has 4 rings (SSSR count). The van der Waals surface area contributed by atoms with Crippen molar-refractivity contribution in [1.29, 1.82) is 0 Å². The number of hydrogen-bond acceptors (Lipinski definition) is 4. The summed E-state index contributed by atoms with van der Waals surface area (Å²) < 4.78 is 11.2. The van der Waals surface area contributed by atoms with Crippen LogP contribution in [0, 0.1) is 5.92 Å². The van der Waals surface area contributed by atoms with Crippen LogP contribution in [0.5, 0.6) is 11.5 Å². The molecular formula is C20H21N3O3. The molecule has 0 fully saturated rings. The highest BCUT2D eigenvalue weighted by Gasteiger charge is 2.15. The molecule has 1 aliphatic heterocycles. The van der Waals surface area contributed by atoms with Gasteiger partial charge in [0.05, 0.1) is 11.0 Å². The zero-order chi connectivity index (χ0) is 18.1. The fraction of sp³-hybridized carbons (Fsp3) is 0.300. The van der Waals surface area contributed by atoms with Crippen molar-refractivity contribution >= 4 is 22.6 Å². The molecule has 0 aliphatic carbocycles. The minimum atomic E-state index is 0.0173. The van der Waals surface area contributed by atoms with Crippen molar-refractivity contribution in [2.45, 2.75) is 20.3 Å². The van der Waals surface area contributed by atoms with E-state index in [1.54, 1.807) is 0 Å². The second kappa shape index (κ2) is 6.71. The van der Waals surface area contributed by atoms with E-state index in [1.165, 1.54) is 0 Å². The highest BCUT2D eigenvalue weighted by atomic mass is 16.6. The normalized spacial score (nSPS) is 13.2. The number of carbonyl (C=O) groups is 1. The van der Waals surface area contributed by atoms with Gasteiger partial charge in [-0.1, -0.05) is 26.0 Å². The van der Waals surface area contributed by atoms with Crippen molar-refractivity contribution in [3.8, 4) is 22.9 Å². The Morgan fingerprint density at radius 2 is 1.96 bits per heavy atom. The maximum Gasteiger partial charge on any atom is 0.224 e. The average molecular weight is 351 g/mol. The Labute approximate surface area is 151 Å². The van der Waals surface area contributed by atoms with Crippen LogP contribution in [0.25, 0.3) is 22.4 Å². The van der Waals surface area contributed by atoms with E-state index in [4.69, 9.17) is 9.47 Å². The van der Waals surface area contributed by atoms with Crippen LogP contribution in [-0.4, -0.2) is 29.1 Å². The van der Waals surface area contributed by atoms with Gasteiger partial charge < -0.3 is 19.8 Å². The first-order chi connectivity index (χ1) is 12.6. The van der Waals surface area contributed by atoms with Crippen LogP contribution >= 0.6 is 0 Å². The Morgan fingerprint density at radius 1 is 1.19 bits per heavy atom. The smallest absolute Gasteiger partial charge is 0.224 e. The molecule has 0 atom stereocenters. The number of carbonyl (C=O) groups excluding carboxylic acids is 1. The third-order valence-electron chi connectivity index (χ3n) is 4.16. The fourth-order valence-electron chi connectivity index (χ4n) is 3.01. The fourth-order valence-corrected chi connectivity index (χ4v) is 3.01.